The number of hydrogen-bond acceptors (Lipinski definition) is 5. The fourth-order valence-electron chi connectivity index (χ4n) is 4.55. The van der Waals surface area contributed by atoms with Gasteiger partial charge in [0.1, 0.15) is 5.78 Å². The van der Waals surface area contributed by atoms with Crippen LogP contribution in [0.15, 0.2) is 46.1 Å². The third-order valence-corrected chi connectivity index (χ3v) is 8.99. The molecule has 1 aromatic carbocycles. The maximum Gasteiger partial charge on any atom is 0.251 e. The molecule has 0 amide bonds. The van der Waals surface area contributed by atoms with Crippen LogP contribution < -0.4 is 5.56 Å². The average Bonchev–Trinajstić information content (AvgIpc) is 3.24. The molecular formula is C27H35ClN2O4S. The van der Waals surface area contributed by atoms with E-state index in [0.29, 0.717) is 42.5 Å². The van der Waals surface area contributed by atoms with E-state index in [1.54, 1.807) is 24.3 Å². The largest absolute Gasteiger partial charge is 0.322 e. The maximum absolute atomic E-state index is 13.0. The average molecular weight is 519 g/mol. The molecule has 1 aromatic heterocycles. The van der Waals surface area contributed by atoms with E-state index in [0.717, 1.165) is 31.6 Å². The topological polar surface area (TPSA) is 87.3 Å². The van der Waals surface area contributed by atoms with Gasteiger partial charge in [0.2, 0.25) is 0 Å². The molecule has 0 radical (unpaired) electrons. The lowest BCUT2D eigenvalue weighted by atomic mass is 9.95. The highest BCUT2D eigenvalue weighted by atomic mass is 35.5. The van der Waals surface area contributed by atoms with Gasteiger partial charge in [0.05, 0.1) is 15.7 Å². The van der Waals surface area contributed by atoms with Gasteiger partial charge in [-0.2, -0.15) is 0 Å². The van der Waals surface area contributed by atoms with Crippen molar-refractivity contribution >= 4 is 32.8 Å². The Morgan fingerprint density at radius 1 is 1.14 bits per heavy atom. The zero-order valence-corrected chi connectivity index (χ0v) is 22.3. The van der Waals surface area contributed by atoms with E-state index in [1.165, 1.54) is 0 Å². The maximum atomic E-state index is 13.0. The van der Waals surface area contributed by atoms with E-state index in [1.807, 2.05) is 19.1 Å². The molecule has 0 spiro atoms. The Labute approximate surface area is 213 Å². The second kappa shape index (κ2) is 12.2. The Bertz CT molecular complexity index is 1250. The van der Waals surface area contributed by atoms with Crippen molar-refractivity contribution in [3.05, 3.63) is 68.6 Å². The lowest BCUT2D eigenvalue weighted by molar-refractivity contribution is -0.117. The summed E-state index contributed by atoms with van der Waals surface area (Å²) >= 11 is 6.52. The van der Waals surface area contributed by atoms with Gasteiger partial charge < -0.3 is 9.88 Å². The Balaban J connectivity index is 1.94. The highest BCUT2D eigenvalue weighted by molar-refractivity contribution is 7.91. The molecule has 1 saturated carbocycles. The molecule has 1 N–H and O–H groups in total. The highest BCUT2D eigenvalue weighted by Crippen LogP contribution is 2.33. The number of ketones is 1. The number of aromatic nitrogens is 1. The molecule has 0 aliphatic heterocycles. The van der Waals surface area contributed by atoms with Crippen LogP contribution in [0.5, 0.6) is 0 Å². The summed E-state index contributed by atoms with van der Waals surface area (Å²) in [6.07, 6.45) is 4.93. The third-order valence-electron chi connectivity index (χ3n) is 6.71. The van der Waals surface area contributed by atoms with E-state index in [-0.39, 0.29) is 32.9 Å². The molecule has 2 aromatic rings. The predicted octanol–water partition coefficient (Wildman–Crippen LogP) is 4.90. The first-order valence-electron chi connectivity index (χ1n) is 12.4. The minimum absolute atomic E-state index is 0.0290. The van der Waals surface area contributed by atoms with Crippen LogP contribution in [0.2, 0.25) is 5.02 Å². The molecule has 1 fully saturated rings. The van der Waals surface area contributed by atoms with Gasteiger partial charge in [-0.3, -0.25) is 9.59 Å². The van der Waals surface area contributed by atoms with Crippen LogP contribution in [0.25, 0.3) is 5.57 Å². The first-order chi connectivity index (χ1) is 16.7. The van der Waals surface area contributed by atoms with Crippen molar-refractivity contribution in [1.29, 1.82) is 0 Å². The molecule has 1 aliphatic carbocycles. The summed E-state index contributed by atoms with van der Waals surface area (Å²) in [5.41, 5.74) is 2.61. The molecular weight excluding hydrogens is 484 g/mol. The van der Waals surface area contributed by atoms with Crippen molar-refractivity contribution in [3.63, 3.8) is 0 Å². The van der Waals surface area contributed by atoms with Gasteiger partial charge in [0, 0.05) is 29.7 Å². The number of nitrogens with one attached hydrogen (secondary N) is 1. The van der Waals surface area contributed by atoms with Crippen molar-refractivity contribution in [2.24, 2.45) is 5.92 Å². The monoisotopic (exact) mass is 518 g/mol. The number of halogens is 1. The Hall–Kier alpha value is -2.22. The molecule has 8 heteroatoms. The van der Waals surface area contributed by atoms with Gasteiger partial charge in [-0.15, -0.1) is 0 Å². The zero-order chi connectivity index (χ0) is 25.6. The minimum atomic E-state index is -3.54. The SMILES string of the molecule is CCc1ccc(/C(=C/[C@H]2CCC(=O)C2)c2ccc(S(=O)(=O)CCCN(CC)CC)c(Cl)c2)[nH]c1=O. The van der Waals surface area contributed by atoms with Gasteiger partial charge in [-0.25, -0.2) is 8.42 Å². The quantitative estimate of drug-likeness (QED) is 0.457. The van der Waals surface area contributed by atoms with Crippen LogP contribution in [-0.4, -0.2) is 49.5 Å². The smallest absolute Gasteiger partial charge is 0.251 e. The molecule has 6 nitrogen and oxygen atoms in total. The Morgan fingerprint density at radius 2 is 1.89 bits per heavy atom. The van der Waals surface area contributed by atoms with E-state index < -0.39 is 9.84 Å². The minimum Gasteiger partial charge on any atom is -0.322 e. The number of nitrogens with zero attached hydrogens (tertiary/aromatic N) is 1. The fourth-order valence-corrected chi connectivity index (χ4v) is 6.44. The number of H-pyrrole nitrogens is 1. The van der Waals surface area contributed by atoms with Crippen LogP contribution in [0.4, 0.5) is 0 Å². The second-order valence-electron chi connectivity index (χ2n) is 9.05. The van der Waals surface area contributed by atoms with Crippen LogP contribution >= 0.6 is 11.6 Å². The molecule has 0 unspecified atom stereocenters. The summed E-state index contributed by atoms with van der Waals surface area (Å²) < 4.78 is 26.0. The highest BCUT2D eigenvalue weighted by Gasteiger charge is 2.23. The molecule has 1 aliphatic rings. The van der Waals surface area contributed by atoms with E-state index in [9.17, 15) is 18.0 Å². The number of aromatic amines is 1. The number of hydrogen-bond donors (Lipinski definition) is 1. The van der Waals surface area contributed by atoms with Crippen molar-refractivity contribution in [1.82, 2.24) is 9.88 Å². The molecule has 35 heavy (non-hydrogen) atoms. The number of sulfone groups is 1. The van der Waals surface area contributed by atoms with Gasteiger partial charge in [0.25, 0.3) is 5.56 Å². The van der Waals surface area contributed by atoms with Crippen LogP contribution in [-0.2, 0) is 21.1 Å². The summed E-state index contributed by atoms with van der Waals surface area (Å²) in [7, 11) is -3.54. The van der Waals surface area contributed by atoms with Gasteiger partial charge in [-0.05, 0) is 68.6 Å². The van der Waals surface area contributed by atoms with Crippen molar-refractivity contribution < 1.29 is 13.2 Å². The van der Waals surface area contributed by atoms with Gasteiger partial charge in [-0.1, -0.05) is 50.6 Å². The molecule has 190 valence electrons. The molecule has 0 bridgehead atoms. The van der Waals surface area contributed by atoms with Gasteiger partial charge in [0.15, 0.2) is 9.84 Å². The number of benzene rings is 1. The fraction of sp³-hybridized carbons (Fsp3) is 0.481. The molecule has 1 atom stereocenters. The van der Waals surface area contributed by atoms with Gasteiger partial charge >= 0.3 is 0 Å². The summed E-state index contributed by atoms with van der Waals surface area (Å²) in [6.45, 7) is 8.53. The lowest BCUT2D eigenvalue weighted by Crippen LogP contribution is -2.25. The molecule has 1 heterocycles. The number of rotatable bonds is 11. The summed E-state index contributed by atoms with van der Waals surface area (Å²) in [5.74, 6) is 0.320. The van der Waals surface area contributed by atoms with Crippen molar-refractivity contribution in [2.45, 2.75) is 57.8 Å². The number of pyridine rings is 1. The zero-order valence-electron chi connectivity index (χ0n) is 20.8. The number of carbonyl (C=O) groups excluding carboxylic acids is 1. The predicted molar refractivity (Wildman–Crippen MR) is 142 cm³/mol. The first-order valence-corrected chi connectivity index (χ1v) is 14.4. The summed E-state index contributed by atoms with van der Waals surface area (Å²) in [4.78, 5) is 29.6. The molecule has 3 rings (SSSR count). The van der Waals surface area contributed by atoms with E-state index in [2.05, 4.69) is 23.7 Å². The number of aryl methyl sites for hydroxylation is 1. The van der Waals surface area contributed by atoms with Crippen LogP contribution in [0.1, 0.15) is 63.3 Å². The second-order valence-corrected chi connectivity index (χ2v) is 11.5. The number of Topliss-reactive ketones (excluding diaryl/α,β-unsaturated/α-hetero) is 1. The lowest BCUT2D eigenvalue weighted by Gasteiger charge is -2.18. The summed E-state index contributed by atoms with van der Waals surface area (Å²) in [6, 6.07) is 8.59. The van der Waals surface area contributed by atoms with Crippen molar-refractivity contribution in [3.8, 4) is 0 Å². The van der Waals surface area contributed by atoms with Crippen molar-refractivity contribution in [2.75, 3.05) is 25.4 Å². The first kappa shape index (κ1) is 27.4. The Morgan fingerprint density at radius 3 is 2.46 bits per heavy atom. The van der Waals surface area contributed by atoms with Crippen LogP contribution in [0, 0.1) is 5.92 Å². The third kappa shape index (κ3) is 6.93. The van der Waals surface area contributed by atoms with E-state index >= 15 is 0 Å². The number of carbonyl (C=O) groups is 1. The molecule has 0 saturated heterocycles. The van der Waals surface area contributed by atoms with Crippen LogP contribution in [0.3, 0.4) is 0 Å². The van der Waals surface area contributed by atoms with E-state index in [4.69, 9.17) is 11.6 Å². The Kier molecular flexibility index (Phi) is 9.50. The summed E-state index contributed by atoms with van der Waals surface area (Å²) in [5, 5.41) is 0.159. The standard InChI is InChI=1S/C27H35ClN2O4S/c1-4-20-9-12-25(29-27(20)32)23(17-19-8-11-22(31)16-19)21-10-13-26(24(28)18-21)35(33,34)15-7-14-30(5-2)6-3/h9-10,12-13,17-19H,4-8,11,14-16H2,1-3H3,(H,29,32)/b23-17+/t19-/m0/s1. The number of allylic oxidation sites excluding steroid dienone is 1. The normalized spacial score (nSPS) is 16.9.